The van der Waals surface area contributed by atoms with Gasteiger partial charge in [0.05, 0.1) is 5.56 Å². The number of likely N-dealkylation sites (tertiary alicyclic amines) is 1. The molecule has 1 aromatic carbocycles. The van der Waals surface area contributed by atoms with Gasteiger partial charge in [0.2, 0.25) is 5.91 Å². The molecule has 2 aliphatic heterocycles. The molecule has 1 N–H and O–H groups in total. The molecule has 0 atom stereocenters. The van der Waals surface area contributed by atoms with Crippen LogP contribution >= 0.6 is 0 Å². The number of piperidine rings is 2. The van der Waals surface area contributed by atoms with E-state index in [4.69, 9.17) is 0 Å². The van der Waals surface area contributed by atoms with E-state index < -0.39 is 0 Å². The van der Waals surface area contributed by atoms with Gasteiger partial charge in [-0.3, -0.25) is 9.59 Å². The first-order valence-corrected chi connectivity index (χ1v) is 11.6. The fourth-order valence-corrected chi connectivity index (χ4v) is 4.38. The molecule has 0 aromatic heterocycles. The second-order valence-electron chi connectivity index (χ2n) is 10.7. The summed E-state index contributed by atoms with van der Waals surface area (Å²) in [6, 6.07) is 5.87. The van der Waals surface area contributed by atoms with Crippen molar-refractivity contribution in [2.24, 2.45) is 17.3 Å². The number of nitrogens with one attached hydrogen (secondary N) is 1. The fraction of sp³-hybridized carbons (Fsp3) is 0.680. The average molecular weight is 414 g/mol. The molecule has 0 aliphatic carbocycles. The second-order valence-corrected chi connectivity index (χ2v) is 10.7. The molecule has 166 valence electrons. The summed E-state index contributed by atoms with van der Waals surface area (Å²) in [5.41, 5.74) is 2.39. The number of anilines is 2. The molecular formula is C25H39N3O2. The van der Waals surface area contributed by atoms with Crippen molar-refractivity contribution in [1.29, 1.82) is 0 Å². The first-order chi connectivity index (χ1) is 14.1. The Balaban J connectivity index is 1.84. The Kier molecular flexibility index (Phi) is 7.10. The van der Waals surface area contributed by atoms with Crippen LogP contribution in [0.2, 0.25) is 0 Å². The molecule has 0 bridgehead atoms. The minimum absolute atomic E-state index is 0.00718. The van der Waals surface area contributed by atoms with E-state index in [1.54, 1.807) is 0 Å². The molecule has 0 saturated carbocycles. The van der Waals surface area contributed by atoms with Crippen molar-refractivity contribution in [2.45, 2.75) is 66.7 Å². The molecule has 0 unspecified atom stereocenters. The molecule has 0 spiro atoms. The standard InChI is InChI=1S/C25H39N3O2/c1-18-8-12-27(13-9-18)22-7-6-20(26-23(29)17-25(3,4)5)16-21(22)24(30)28-14-10-19(2)11-15-28/h6-7,16,18-19H,8-15,17H2,1-5H3,(H,26,29). The van der Waals surface area contributed by atoms with Crippen molar-refractivity contribution < 1.29 is 9.59 Å². The van der Waals surface area contributed by atoms with E-state index in [1.807, 2.05) is 23.1 Å². The summed E-state index contributed by atoms with van der Waals surface area (Å²) in [5, 5.41) is 3.01. The zero-order chi connectivity index (χ0) is 21.9. The number of carbonyl (C=O) groups excluding carboxylic acids is 2. The van der Waals surface area contributed by atoms with Crippen molar-refractivity contribution in [3.05, 3.63) is 23.8 Å². The molecule has 0 radical (unpaired) electrons. The smallest absolute Gasteiger partial charge is 0.256 e. The number of rotatable bonds is 4. The molecule has 2 saturated heterocycles. The minimum atomic E-state index is -0.0718. The van der Waals surface area contributed by atoms with Gasteiger partial charge in [0.25, 0.3) is 5.91 Å². The molecule has 2 amide bonds. The first-order valence-electron chi connectivity index (χ1n) is 11.6. The van der Waals surface area contributed by atoms with E-state index in [9.17, 15) is 9.59 Å². The van der Waals surface area contributed by atoms with Crippen LogP contribution in [0.25, 0.3) is 0 Å². The van der Waals surface area contributed by atoms with Crippen LogP contribution in [0.5, 0.6) is 0 Å². The fourth-order valence-electron chi connectivity index (χ4n) is 4.38. The third-order valence-corrected chi connectivity index (χ3v) is 6.40. The Morgan fingerprint density at radius 3 is 2.10 bits per heavy atom. The molecule has 2 heterocycles. The maximum absolute atomic E-state index is 13.5. The van der Waals surface area contributed by atoms with Gasteiger partial charge in [0.15, 0.2) is 0 Å². The molecule has 2 aliphatic rings. The lowest BCUT2D eigenvalue weighted by Crippen LogP contribution is -2.40. The predicted molar refractivity (Wildman–Crippen MR) is 124 cm³/mol. The van der Waals surface area contributed by atoms with E-state index in [2.05, 4.69) is 44.8 Å². The SMILES string of the molecule is CC1CCN(C(=O)c2cc(NC(=O)CC(C)(C)C)ccc2N2CCC(C)CC2)CC1. The lowest BCUT2D eigenvalue weighted by Gasteiger charge is -2.35. The van der Waals surface area contributed by atoms with Crippen LogP contribution in [0.15, 0.2) is 18.2 Å². The van der Waals surface area contributed by atoms with Gasteiger partial charge in [-0.1, -0.05) is 34.6 Å². The van der Waals surface area contributed by atoms with E-state index >= 15 is 0 Å². The van der Waals surface area contributed by atoms with Crippen LogP contribution in [0, 0.1) is 17.3 Å². The Morgan fingerprint density at radius 2 is 1.53 bits per heavy atom. The summed E-state index contributed by atoms with van der Waals surface area (Å²) < 4.78 is 0. The molecule has 5 nitrogen and oxygen atoms in total. The van der Waals surface area contributed by atoms with E-state index in [-0.39, 0.29) is 17.2 Å². The first kappa shape index (κ1) is 22.6. The van der Waals surface area contributed by atoms with Crippen molar-refractivity contribution in [1.82, 2.24) is 4.90 Å². The van der Waals surface area contributed by atoms with E-state index in [0.29, 0.717) is 18.0 Å². The van der Waals surface area contributed by atoms with Crippen LogP contribution < -0.4 is 10.2 Å². The second kappa shape index (κ2) is 9.40. The van der Waals surface area contributed by atoms with Gasteiger partial charge in [-0.25, -0.2) is 0 Å². The van der Waals surface area contributed by atoms with Crippen LogP contribution in [0.4, 0.5) is 11.4 Å². The number of amides is 2. The molecule has 30 heavy (non-hydrogen) atoms. The predicted octanol–water partition coefficient (Wildman–Crippen LogP) is 5.17. The highest BCUT2D eigenvalue weighted by Crippen LogP contribution is 2.31. The quantitative estimate of drug-likeness (QED) is 0.741. The topological polar surface area (TPSA) is 52.7 Å². The van der Waals surface area contributed by atoms with Gasteiger partial charge in [-0.2, -0.15) is 0 Å². The third kappa shape index (κ3) is 5.99. The molecule has 3 rings (SSSR count). The number of hydrogen-bond acceptors (Lipinski definition) is 3. The molecular weight excluding hydrogens is 374 g/mol. The Labute approximate surface area is 182 Å². The number of hydrogen-bond donors (Lipinski definition) is 1. The molecule has 5 heteroatoms. The third-order valence-electron chi connectivity index (χ3n) is 6.40. The van der Waals surface area contributed by atoms with Crippen LogP contribution in [0.3, 0.4) is 0 Å². The summed E-state index contributed by atoms with van der Waals surface area (Å²) in [4.78, 5) is 30.3. The van der Waals surface area contributed by atoms with Crippen molar-refractivity contribution in [2.75, 3.05) is 36.4 Å². The number of carbonyl (C=O) groups is 2. The van der Waals surface area contributed by atoms with Gasteiger partial charge in [0.1, 0.15) is 0 Å². The highest BCUT2D eigenvalue weighted by atomic mass is 16.2. The van der Waals surface area contributed by atoms with Gasteiger partial charge < -0.3 is 15.1 Å². The summed E-state index contributed by atoms with van der Waals surface area (Å²) in [7, 11) is 0. The Morgan fingerprint density at radius 1 is 0.967 bits per heavy atom. The maximum Gasteiger partial charge on any atom is 0.256 e. The van der Waals surface area contributed by atoms with Crippen molar-refractivity contribution >= 4 is 23.2 Å². The van der Waals surface area contributed by atoms with Gasteiger partial charge >= 0.3 is 0 Å². The monoisotopic (exact) mass is 413 g/mol. The van der Waals surface area contributed by atoms with Gasteiger partial charge in [-0.05, 0) is 61.1 Å². The highest BCUT2D eigenvalue weighted by molar-refractivity contribution is 6.02. The van der Waals surface area contributed by atoms with E-state index in [1.165, 1.54) is 0 Å². The number of benzene rings is 1. The summed E-state index contributed by atoms with van der Waals surface area (Å²) in [5.74, 6) is 1.51. The number of nitrogens with zero attached hydrogens (tertiary/aromatic N) is 2. The van der Waals surface area contributed by atoms with Gasteiger partial charge in [0, 0.05) is 44.0 Å². The summed E-state index contributed by atoms with van der Waals surface area (Å²) in [6.45, 7) is 14.3. The van der Waals surface area contributed by atoms with Crippen LogP contribution in [0.1, 0.15) is 77.1 Å². The Bertz CT molecular complexity index is 752. The van der Waals surface area contributed by atoms with Crippen molar-refractivity contribution in [3.63, 3.8) is 0 Å². The highest BCUT2D eigenvalue weighted by Gasteiger charge is 2.27. The average Bonchev–Trinajstić information content (AvgIpc) is 2.67. The molecule has 2 fully saturated rings. The van der Waals surface area contributed by atoms with Crippen molar-refractivity contribution in [3.8, 4) is 0 Å². The summed E-state index contributed by atoms with van der Waals surface area (Å²) in [6.07, 6.45) is 4.87. The normalized spacial score (nSPS) is 19.1. The Hall–Kier alpha value is -2.04. The largest absolute Gasteiger partial charge is 0.371 e. The molecule has 1 aromatic rings. The van der Waals surface area contributed by atoms with Crippen LogP contribution in [-0.2, 0) is 4.79 Å². The minimum Gasteiger partial charge on any atom is -0.371 e. The zero-order valence-corrected chi connectivity index (χ0v) is 19.5. The lowest BCUT2D eigenvalue weighted by molar-refractivity contribution is -0.117. The zero-order valence-electron chi connectivity index (χ0n) is 19.5. The van der Waals surface area contributed by atoms with Gasteiger partial charge in [-0.15, -0.1) is 0 Å². The summed E-state index contributed by atoms with van der Waals surface area (Å²) >= 11 is 0. The lowest BCUT2D eigenvalue weighted by atomic mass is 9.92. The van der Waals surface area contributed by atoms with E-state index in [0.717, 1.165) is 69.0 Å². The maximum atomic E-state index is 13.5. The van der Waals surface area contributed by atoms with Crippen LogP contribution in [-0.4, -0.2) is 42.9 Å².